The van der Waals surface area contributed by atoms with Crippen molar-refractivity contribution in [3.63, 3.8) is 0 Å². The van der Waals surface area contributed by atoms with Gasteiger partial charge in [-0.05, 0) is 25.3 Å². The molecule has 2 N–H and O–H groups in total. The van der Waals surface area contributed by atoms with E-state index in [1.54, 1.807) is 0 Å². The molecule has 1 unspecified atom stereocenters. The van der Waals surface area contributed by atoms with Crippen LogP contribution in [-0.4, -0.2) is 16.5 Å². The van der Waals surface area contributed by atoms with Crippen LogP contribution in [0.2, 0.25) is 0 Å². The Morgan fingerprint density at radius 3 is 2.71 bits per heavy atom. The van der Waals surface area contributed by atoms with Crippen molar-refractivity contribution in [1.29, 1.82) is 0 Å². The lowest BCUT2D eigenvalue weighted by Crippen LogP contribution is -2.22. The van der Waals surface area contributed by atoms with E-state index in [4.69, 9.17) is 0 Å². The molecular formula is C11H21N3. The van der Waals surface area contributed by atoms with Gasteiger partial charge in [0.1, 0.15) is 5.82 Å². The summed E-state index contributed by atoms with van der Waals surface area (Å²) in [6, 6.07) is 0.386. The van der Waals surface area contributed by atoms with Crippen molar-refractivity contribution in [3.8, 4) is 0 Å². The molecule has 0 aliphatic carbocycles. The fraction of sp³-hybridized carbons (Fsp3) is 0.727. The minimum Gasteiger partial charge on any atom is -0.347 e. The third-order valence-corrected chi connectivity index (χ3v) is 2.33. The Labute approximate surface area is 86.3 Å². The first-order valence-electron chi connectivity index (χ1n) is 5.46. The van der Waals surface area contributed by atoms with Crippen molar-refractivity contribution in [1.82, 2.24) is 15.3 Å². The summed E-state index contributed by atoms with van der Waals surface area (Å²) in [5.41, 5.74) is 0. The molecule has 0 bridgehead atoms. The van der Waals surface area contributed by atoms with Gasteiger partial charge in [0.05, 0.1) is 6.04 Å². The summed E-state index contributed by atoms with van der Waals surface area (Å²) in [6.45, 7) is 7.63. The minimum atomic E-state index is 0.386. The summed E-state index contributed by atoms with van der Waals surface area (Å²) in [7, 11) is 0. The van der Waals surface area contributed by atoms with Gasteiger partial charge in [-0.25, -0.2) is 4.98 Å². The molecule has 1 aromatic heterocycles. The van der Waals surface area contributed by atoms with Crippen molar-refractivity contribution in [2.45, 2.75) is 39.7 Å². The van der Waals surface area contributed by atoms with Gasteiger partial charge in [0.15, 0.2) is 0 Å². The third kappa shape index (κ3) is 3.50. The van der Waals surface area contributed by atoms with Crippen LogP contribution >= 0.6 is 0 Å². The van der Waals surface area contributed by atoms with Crippen LogP contribution in [0, 0.1) is 5.92 Å². The summed E-state index contributed by atoms with van der Waals surface area (Å²) in [4.78, 5) is 7.47. The molecule has 1 atom stereocenters. The number of aromatic nitrogens is 2. The lowest BCUT2D eigenvalue weighted by atomic mass is 10.0. The number of rotatable bonds is 6. The van der Waals surface area contributed by atoms with Crippen molar-refractivity contribution in [2.24, 2.45) is 5.92 Å². The number of hydrogen-bond donors (Lipinski definition) is 2. The van der Waals surface area contributed by atoms with Crippen LogP contribution in [-0.2, 0) is 0 Å². The summed E-state index contributed by atoms with van der Waals surface area (Å²) in [5, 5.41) is 3.45. The Bertz CT molecular complexity index is 229. The lowest BCUT2D eigenvalue weighted by Gasteiger charge is -2.16. The Morgan fingerprint density at radius 1 is 1.43 bits per heavy atom. The van der Waals surface area contributed by atoms with Gasteiger partial charge in [-0.15, -0.1) is 0 Å². The van der Waals surface area contributed by atoms with Crippen LogP contribution in [0.1, 0.15) is 45.5 Å². The number of aromatic amines is 1. The van der Waals surface area contributed by atoms with Gasteiger partial charge in [-0.2, -0.15) is 0 Å². The van der Waals surface area contributed by atoms with E-state index in [1.807, 2.05) is 12.4 Å². The van der Waals surface area contributed by atoms with Gasteiger partial charge in [-0.3, -0.25) is 0 Å². The molecule has 1 aromatic rings. The highest BCUT2D eigenvalue weighted by molar-refractivity contribution is 4.95. The first-order chi connectivity index (χ1) is 6.74. The average molecular weight is 195 g/mol. The number of nitrogens with zero attached hydrogens (tertiary/aromatic N) is 1. The fourth-order valence-electron chi connectivity index (χ4n) is 1.55. The number of imidazole rings is 1. The van der Waals surface area contributed by atoms with Crippen molar-refractivity contribution >= 4 is 0 Å². The molecule has 0 aromatic carbocycles. The smallest absolute Gasteiger partial charge is 0.123 e. The van der Waals surface area contributed by atoms with Crippen molar-refractivity contribution < 1.29 is 0 Å². The molecule has 3 nitrogen and oxygen atoms in total. The topological polar surface area (TPSA) is 40.7 Å². The SMILES string of the molecule is CCNC(CCC(C)C)c1ncc[nH]1. The monoisotopic (exact) mass is 195 g/mol. The molecule has 14 heavy (non-hydrogen) atoms. The van der Waals surface area contributed by atoms with Gasteiger partial charge in [0, 0.05) is 12.4 Å². The average Bonchev–Trinajstić information content (AvgIpc) is 2.64. The quantitative estimate of drug-likeness (QED) is 0.732. The molecule has 0 saturated heterocycles. The molecule has 0 spiro atoms. The fourth-order valence-corrected chi connectivity index (χ4v) is 1.55. The molecule has 0 aliphatic heterocycles. The standard InChI is InChI=1S/C11H21N3/c1-4-12-10(6-5-9(2)3)11-13-7-8-14-11/h7-10,12H,4-6H2,1-3H3,(H,13,14). The van der Waals surface area contributed by atoms with E-state index in [1.165, 1.54) is 6.42 Å². The highest BCUT2D eigenvalue weighted by Gasteiger charge is 2.12. The zero-order valence-corrected chi connectivity index (χ0v) is 9.38. The third-order valence-electron chi connectivity index (χ3n) is 2.33. The van der Waals surface area contributed by atoms with Gasteiger partial charge < -0.3 is 10.3 Å². The zero-order valence-electron chi connectivity index (χ0n) is 9.38. The van der Waals surface area contributed by atoms with E-state index < -0.39 is 0 Å². The zero-order chi connectivity index (χ0) is 10.4. The second kappa shape index (κ2) is 5.81. The van der Waals surface area contributed by atoms with Crippen LogP contribution in [0.3, 0.4) is 0 Å². The van der Waals surface area contributed by atoms with Crippen LogP contribution in [0.25, 0.3) is 0 Å². The normalized spacial score (nSPS) is 13.4. The van der Waals surface area contributed by atoms with E-state index in [0.29, 0.717) is 6.04 Å². The molecule has 1 rings (SSSR count). The Hall–Kier alpha value is -0.830. The highest BCUT2D eigenvalue weighted by atomic mass is 15.0. The molecule has 1 heterocycles. The van der Waals surface area contributed by atoms with Crippen molar-refractivity contribution in [3.05, 3.63) is 18.2 Å². The predicted molar refractivity (Wildman–Crippen MR) is 59.1 cm³/mol. The van der Waals surface area contributed by atoms with Gasteiger partial charge in [0.2, 0.25) is 0 Å². The minimum absolute atomic E-state index is 0.386. The Balaban J connectivity index is 2.47. The molecule has 0 fully saturated rings. The van der Waals surface area contributed by atoms with Crippen LogP contribution in [0.15, 0.2) is 12.4 Å². The maximum Gasteiger partial charge on any atom is 0.123 e. The largest absolute Gasteiger partial charge is 0.347 e. The summed E-state index contributed by atoms with van der Waals surface area (Å²) < 4.78 is 0. The first-order valence-corrected chi connectivity index (χ1v) is 5.46. The molecule has 0 saturated carbocycles. The first kappa shape index (κ1) is 11.2. The van der Waals surface area contributed by atoms with E-state index in [0.717, 1.165) is 24.7 Å². The lowest BCUT2D eigenvalue weighted by molar-refractivity contribution is 0.435. The van der Waals surface area contributed by atoms with Crippen molar-refractivity contribution in [2.75, 3.05) is 6.54 Å². The summed E-state index contributed by atoms with van der Waals surface area (Å²) in [6.07, 6.45) is 6.08. The molecule has 3 heteroatoms. The molecule has 0 radical (unpaired) electrons. The van der Waals surface area contributed by atoms with Gasteiger partial charge in [0.25, 0.3) is 0 Å². The predicted octanol–water partition coefficient (Wildman–Crippen LogP) is 2.50. The maximum atomic E-state index is 4.30. The highest BCUT2D eigenvalue weighted by Crippen LogP contribution is 2.17. The van der Waals surface area contributed by atoms with E-state index in [-0.39, 0.29) is 0 Å². The van der Waals surface area contributed by atoms with E-state index >= 15 is 0 Å². The van der Waals surface area contributed by atoms with Crippen LogP contribution < -0.4 is 5.32 Å². The molecule has 80 valence electrons. The second-order valence-electron chi connectivity index (χ2n) is 4.06. The second-order valence-corrected chi connectivity index (χ2v) is 4.06. The van der Waals surface area contributed by atoms with E-state index in [2.05, 4.69) is 36.1 Å². The number of H-pyrrole nitrogens is 1. The van der Waals surface area contributed by atoms with Crippen LogP contribution in [0.4, 0.5) is 0 Å². The number of hydrogen-bond acceptors (Lipinski definition) is 2. The Morgan fingerprint density at radius 2 is 2.21 bits per heavy atom. The van der Waals surface area contributed by atoms with Gasteiger partial charge in [-0.1, -0.05) is 20.8 Å². The van der Waals surface area contributed by atoms with Gasteiger partial charge >= 0.3 is 0 Å². The molecular weight excluding hydrogens is 174 g/mol. The summed E-state index contributed by atoms with van der Waals surface area (Å²) in [5.74, 6) is 1.82. The molecule has 0 amide bonds. The maximum absolute atomic E-state index is 4.30. The number of nitrogens with one attached hydrogen (secondary N) is 2. The van der Waals surface area contributed by atoms with Crippen LogP contribution in [0.5, 0.6) is 0 Å². The van der Waals surface area contributed by atoms with E-state index in [9.17, 15) is 0 Å². The molecule has 0 aliphatic rings. The summed E-state index contributed by atoms with van der Waals surface area (Å²) >= 11 is 0. The Kier molecular flexibility index (Phi) is 4.66.